The maximum absolute atomic E-state index is 13.2. The summed E-state index contributed by atoms with van der Waals surface area (Å²) in [5.41, 5.74) is 2.53. The van der Waals surface area contributed by atoms with Crippen molar-refractivity contribution in [1.29, 1.82) is 0 Å². The van der Waals surface area contributed by atoms with Gasteiger partial charge in [0.1, 0.15) is 4.83 Å². The predicted molar refractivity (Wildman–Crippen MR) is 131 cm³/mol. The normalized spacial score (nSPS) is 12.5. The maximum atomic E-state index is 13.2. The Morgan fingerprint density at radius 1 is 1.25 bits per heavy atom. The zero-order valence-electron chi connectivity index (χ0n) is 18.4. The molecule has 0 aliphatic rings. The molecular formula is C22H25N5O3S2. The molecule has 3 aromatic heterocycles. The molecule has 8 nitrogen and oxygen atoms in total. The van der Waals surface area contributed by atoms with E-state index >= 15 is 0 Å². The molecule has 0 bridgehead atoms. The van der Waals surface area contributed by atoms with Gasteiger partial charge in [0.25, 0.3) is 5.56 Å². The molecular weight excluding hydrogens is 446 g/mol. The van der Waals surface area contributed by atoms with E-state index in [9.17, 15) is 14.4 Å². The first kappa shape index (κ1) is 22.3. The second kappa shape index (κ2) is 8.95. The molecule has 0 fully saturated rings. The van der Waals surface area contributed by atoms with Crippen molar-refractivity contribution in [2.24, 2.45) is 0 Å². The number of hydrogen-bond acceptors (Lipinski definition) is 6. The van der Waals surface area contributed by atoms with E-state index < -0.39 is 5.25 Å². The van der Waals surface area contributed by atoms with Gasteiger partial charge < -0.3 is 15.3 Å². The van der Waals surface area contributed by atoms with E-state index in [1.807, 2.05) is 13.8 Å². The number of carbonyl (C=O) groups excluding carboxylic acids is 1. The molecule has 0 aliphatic heterocycles. The second-order valence-corrected chi connectivity index (χ2v) is 10.3. The average molecular weight is 472 g/mol. The van der Waals surface area contributed by atoms with Crippen molar-refractivity contribution >= 4 is 55.9 Å². The Hall–Kier alpha value is -2.85. The molecule has 1 aromatic carbocycles. The number of amides is 1. The molecule has 1 amide bonds. The van der Waals surface area contributed by atoms with E-state index in [1.54, 1.807) is 29.7 Å². The number of carbonyl (C=O) groups is 1. The number of aromatic nitrogens is 4. The minimum Gasteiger partial charge on any atom is -0.325 e. The molecule has 3 N–H and O–H groups in total. The van der Waals surface area contributed by atoms with Gasteiger partial charge in [-0.1, -0.05) is 25.1 Å². The van der Waals surface area contributed by atoms with Crippen LogP contribution >= 0.6 is 23.1 Å². The number of nitrogens with zero attached hydrogens (tertiary/aromatic N) is 2. The number of aryl methyl sites for hydroxylation is 2. The molecule has 0 radical (unpaired) electrons. The van der Waals surface area contributed by atoms with Crippen LogP contribution in [0.2, 0.25) is 0 Å². The van der Waals surface area contributed by atoms with Gasteiger partial charge >= 0.3 is 5.69 Å². The van der Waals surface area contributed by atoms with Crippen LogP contribution in [0, 0.1) is 13.8 Å². The summed E-state index contributed by atoms with van der Waals surface area (Å²) >= 11 is 2.79. The molecule has 32 heavy (non-hydrogen) atoms. The summed E-state index contributed by atoms with van der Waals surface area (Å²) in [4.78, 5) is 49.5. The standard InChI is InChI=1S/C22H25N5O3S2/c1-5-6-9-27-20(29)17-11(2)12(3)31-19(17)26-22(27)32-13(4)18(28)23-14-7-8-15-16(10-14)25-21(30)24-15/h7-8,10,13H,5-6,9H2,1-4H3,(H,23,28)(H2,24,25,30). The Morgan fingerprint density at radius 3 is 2.75 bits per heavy atom. The molecule has 0 saturated heterocycles. The van der Waals surface area contributed by atoms with Crippen LogP contribution in [0.15, 0.2) is 32.9 Å². The lowest BCUT2D eigenvalue weighted by Gasteiger charge is -2.16. The first-order valence-electron chi connectivity index (χ1n) is 10.5. The van der Waals surface area contributed by atoms with Crippen molar-refractivity contribution in [3.05, 3.63) is 49.5 Å². The fourth-order valence-corrected chi connectivity index (χ4v) is 5.48. The highest BCUT2D eigenvalue weighted by Gasteiger charge is 2.21. The number of H-pyrrole nitrogens is 2. The number of thiophene rings is 1. The van der Waals surface area contributed by atoms with Crippen molar-refractivity contribution in [3.8, 4) is 0 Å². The topological polar surface area (TPSA) is 113 Å². The van der Waals surface area contributed by atoms with Crippen LogP contribution < -0.4 is 16.6 Å². The smallest absolute Gasteiger partial charge is 0.323 e. The SMILES string of the molecule is CCCCn1c(SC(C)C(=O)Nc2ccc3[nH]c(=O)[nH]c3c2)nc2sc(C)c(C)c2c1=O. The first-order chi connectivity index (χ1) is 15.3. The summed E-state index contributed by atoms with van der Waals surface area (Å²) in [6.07, 6.45) is 1.81. The third kappa shape index (κ3) is 4.24. The number of hydrogen-bond donors (Lipinski definition) is 3. The van der Waals surface area contributed by atoms with Gasteiger partial charge in [-0.3, -0.25) is 14.2 Å². The van der Waals surface area contributed by atoms with Gasteiger partial charge in [-0.25, -0.2) is 9.78 Å². The molecule has 0 saturated carbocycles. The monoisotopic (exact) mass is 471 g/mol. The zero-order valence-corrected chi connectivity index (χ0v) is 20.0. The van der Waals surface area contributed by atoms with Crippen LogP contribution in [0.1, 0.15) is 37.1 Å². The van der Waals surface area contributed by atoms with E-state index in [0.717, 1.165) is 28.1 Å². The van der Waals surface area contributed by atoms with Crippen molar-refractivity contribution in [2.75, 3.05) is 5.32 Å². The van der Waals surface area contributed by atoms with E-state index in [0.29, 0.717) is 33.8 Å². The molecule has 10 heteroatoms. The number of fused-ring (bicyclic) bond motifs is 2. The molecule has 1 unspecified atom stereocenters. The Morgan fingerprint density at radius 2 is 2.00 bits per heavy atom. The van der Waals surface area contributed by atoms with E-state index in [2.05, 4.69) is 22.2 Å². The van der Waals surface area contributed by atoms with Crippen LogP contribution in [0.3, 0.4) is 0 Å². The number of nitrogens with one attached hydrogen (secondary N) is 3. The van der Waals surface area contributed by atoms with Crippen molar-refractivity contribution in [1.82, 2.24) is 19.5 Å². The van der Waals surface area contributed by atoms with Gasteiger partial charge in [0, 0.05) is 17.1 Å². The van der Waals surface area contributed by atoms with E-state index in [-0.39, 0.29) is 17.2 Å². The van der Waals surface area contributed by atoms with Gasteiger partial charge in [0.05, 0.1) is 21.7 Å². The lowest BCUT2D eigenvalue weighted by molar-refractivity contribution is -0.115. The highest BCUT2D eigenvalue weighted by atomic mass is 32.2. The van der Waals surface area contributed by atoms with Crippen molar-refractivity contribution in [2.45, 2.75) is 57.5 Å². The molecule has 3 heterocycles. The van der Waals surface area contributed by atoms with E-state index in [1.165, 1.54) is 23.1 Å². The zero-order chi connectivity index (χ0) is 23.0. The Balaban J connectivity index is 1.61. The third-order valence-corrected chi connectivity index (χ3v) is 7.62. The Bertz CT molecular complexity index is 1430. The maximum Gasteiger partial charge on any atom is 0.323 e. The van der Waals surface area contributed by atoms with Crippen LogP contribution in [-0.2, 0) is 11.3 Å². The summed E-state index contributed by atoms with van der Waals surface area (Å²) < 4.78 is 1.70. The summed E-state index contributed by atoms with van der Waals surface area (Å²) in [6, 6.07) is 5.18. The van der Waals surface area contributed by atoms with Gasteiger partial charge in [-0.15, -0.1) is 11.3 Å². The van der Waals surface area contributed by atoms with E-state index in [4.69, 9.17) is 4.98 Å². The highest BCUT2D eigenvalue weighted by Crippen LogP contribution is 2.30. The number of unbranched alkanes of at least 4 members (excludes halogenated alkanes) is 1. The molecule has 0 spiro atoms. The molecule has 4 aromatic rings. The van der Waals surface area contributed by atoms with Gasteiger partial charge in [-0.05, 0) is 51.0 Å². The van der Waals surface area contributed by atoms with Gasteiger partial charge in [0.15, 0.2) is 5.16 Å². The molecule has 4 rings (SSSR count). The second-order valence-electron chi connectivity index (χ2n) is 7.76. The van der Waals surface area contributed by atoms with Crippen LogP contribution in [0.4, 0.5) is 5.69 Å². The largest absolute Gasteiger partial charge is 0.325 e. The fraction of sp³-hybridized carbons (Fsp3) is 0.364. The van der Waals surface area contributed by atoms with Gasteiger partial charge in [0.2, 0.25) is 5.91 Å². The summed E-state index contributed by atoms with van der Waals surface area (Å²) in [5, 5.41) is 3.65. The van der Waals surface area contributed by atoms with Crippen LogP contribution in [0.25, 0.3) is 21.3 Å². The number of benzene rings is 1. The minimum atomic E-state index is -0.477. The molecule has 0 aliphatic carbocycles. The predicted octanol–water partition coefficient (Wildman–Crippen LogP) is 4.16. The first-order valence-corrected chi connectivity index (χ1v) is 12.2. The summed E-state index contributed by atoms with van der Waals surface area (Å²) in [6.45, 7) is 8.39. The number of anilines is 1. The van der Waals surface area contributed by atoms with Crippen LogP contribution in [0.5, 0.6) is 0 Å². The number of rotatable bonds is 7. The number of aromatic amines is 2. The Labute approximate surface area is 192 Å². The van der Waals surface area contributed by atoms with Gasteiger partial charge in [-0.2, -0.15) is 0 Å². The molecule has 1 atom stereocenters. The number of imidazole rings is 1. The third-order valence-electron chi connectivity index (χ3n) is 5.42. The summed E-state index contributed by atoms with van der Waals surface area (Å²) in [7, 11) is 0. The summed E-state index contributed by atoms with van der Waals surface area (Å²) in [5.74, 6) is -0.206. The minimum absolute atomic E-state index is 0.0396. The van der Waals surface area contributed by atoms with Crippen molar-refractivity contribution < 1.29 is 4.79 Å². The number of thioether (sulfide) groups is 1. The Kier molecular flexibility index (Phi) is 6.25. The lowest BCUT2D eigenvalue weighted by Crippen LogP contribution is -2.27. The average Bonchev–Trinajstić information content (AvgIpc) is 3.25. The quantitative estimate of drug-likeness (QED) is 0.277. The molecule has 168 valence electrons. The fourth-order valence-electron chi connectivity index (χ4n) is 3.48. The lowest BCUT2D eigenvalue weighted by atomic mass is 10.2. The van der Waals surface area contributed by atoms with Crippen LogP contribution in [-0.4, -0.2) is 30.7 Å². The highest BCUT2D eigenvalue weighted by molar-refractivity contribution is 8.00. The van der Waals surface area contributed by atoms with Crippen molar-refractivity contribution in [3.63, 3.8) is 0 Å².